The summed E-state index contributed by atoms with van der Waals surface area (Å²) < 4.78 is 37.4. The molecular weight excluding hydrogens is 378 g/mol. The number of hydrogen-bond acceptors (Lipinski definition) is 5. The summed E-state index contributed by atoms with van der Waals surface area (Å²) in [6, 6.07) is 11.9. The highest BCUT2D eigenvalue weighted by atomic mass is 32.2. The maximum absolute atomic E-state index is 12.7. The van der Waals surface area contributed by atoms with Crippen molar-refractivity contribution in [2.24, 2.45) is 0 Å². The molecule has 2 aromatic carbocycles. The Morgan fingerprint density at radius 3 is 2.32 bits per heavy atom. The molecule has 0 bridgehead atoms. The first-order valence-corrected chi connectivity index (χ1v) is 10.7. The molecule has 152 valence electrons. The van der Waals surface area contributed by atoms with E-state index in [1.165, 1.54) is 33.3 Å². The summed E-state index contributed by atoms with van der Waals surface area (Å²) in [6.07, 6.45) is 3.45. The van der Waals surface area contributed by atoms with Crippen LogP contribution >= 0.6 is 0 Å². The zero-order chi connectivity index (χ0) is 20.7. The molecule has 0 spiro atoms. The molecule has 2 rings (SSSR count). The number of methoxy groups -OCH3 is 1. The second-order valence-electron chi connectivity index (χ2n) is 6.60. The fourth-order valence-electron chi connectivity index (χ4n) is 2.79. The van der Waals surface area contributed by atoms with Crippen LogP contribution in [0.4, 0.5) is 0 Å². The van der Waals surface area contributed by atoms with E-state index in [1.54, 1.807) is 12.1 Å². The Balaban J connectivity index is 2.66. The van der Waals surface area contributed by atoms with Gasteiger partial charge in [-0.15, -0.1) is 0 Å². The molecule has 0 saturated carbocycles. The van der Waals surface area contributed by atoms with Crippen molar-refractivity contribution in [2.75, 3.05) is 21.2 Å². The third-order valence-electron chi connectivity index (χ3n) is 4.37. The maximum Gasteiger partial charge on any atom is 0.338 e. The number of ether oxygens (including phenoxy) is 2. The molecule has 0 aliphatic carbocycles. The van der Waals surface area contributed by atoms with E-state index >= 15 is 0 Å². The molecule has 2 aromatic rings. The van der Waals surface area contributed by atoms with Crippen LogP contribution in [0.25, 0.3) is 0 Å². The van der Waals surface area contributed by atoms with Crippen molar-refractivity contribution in [2.45, 2.75) is 37.5 Å². The van der Waals surface area contributed by atoms with Gasteiger partial charge >= 0.3 is 5.97 Å². The number of para-hydroxylation sites is 1. The van der Waals surface area contributed by atoms with Crippen LogP contribution in [0.2, 0.25) is 0 Å². The predicted octanol–water partition coefficient (Wildman–Crippen LogP) is 4.25. The Labute approximate surface area is 167 Å². The second-order valence-corrected chi connectivity index (χ2v) is 8.75. The molecule has 0 unspecified atom stereocenters. The van der Waals surface area contributed by atoms with Crippen LogP contribution in [0.5, 0.6) is 11.5 Å². The molecule has 6 nitrogen and oxygen atoms in total. The van der Waals surface area contributed by atoms with Gasteiger partial charge in [-0.1, -0.05) is 38.0 Å². The normalized spacial score (nSPS) is 11.5. The molecule has 0 aliphatic heterocycles. The summed E-state index contributed by atoms with van der Waals surface area (Å²) in [5, 5.41) is 0. The standard InChI is InChI=1S/C21H27NO5S/c1-5-6-8-13-18-19(21(23)26-4)14-17(28(24,25)22(2)3)15-20(18)27-16-11-9-7-10-12-16/h7,9-12,14-15H,5-6,8,13H2,1-4H3. The zero-order valence-electron chi connectivity index (χ0n) is 16.8. The van der Waals surface area contributed by atoms with Crippen LogP contribution in [0, 0.1) is 0 Å². The van der Waals surface area contributed by atoms with E-state index in [1.807, 2.05) is 18.2 Å². The molecule has 0 aromatic heterocycles. The number of nitrogens with zero attached hydrogens (tertiary/aromatic N) is 1. The minimum absolute atomic E-state index is 0.0110. The number of unbranched alkanes of at least 4 members (excludes halogenated alkanes) is 2. The van der Waals surface area contributed by atoms with Crippen LogP contribution in [-0.2, 0) is 21.2 Å². The number of benzene rings is 2. The van der Waals surface area contributed by atoms with Crippen molar-refractivity contribution in [1.29, 1.82) is 0 Å². The SMILES string of the molecule is CCCCCc1c(Oc2ccccc2)cc(S(=O)(=O)N(C)C)cc1C(=O)OC. The first-order valence-electron chi connectivity index (χ1n) is 9.22. The monoisotopic (exact) mass is 405 g/mol. The summed E-state index contributed by atoms with van der Waals surface area (Å²) in [6.45, 7) is 2.09. The van der Waals surface area contributed by atoms with E-state index in [0.717, 1.165) is 23.6 Å². The largest absolute Gasteiger partial charge is 0.465 e. The second kappa shape index (κ2) is 9.71. The average molecular weight is 406 g/mol. The molecule has 0 saturated heterocycles. The zero-order valence-corrected chi connectivity index (χ0v) is 17.6. The summed E-state index contributed by atoms with van der Waals surface area (Å²) >= 11 is 0. The molecule has 0 N–H and O–H groups in total. The van der Waals surface area contributed by atoms with E-state index in [4.69, 9.17) is 9.47 Å². The van der Waals surface area contributed by atoms with Crippen molar-refractivity contribution in [3.8, 4) is 11.5 Å². The van der Waals surface area contributed by atoms with Crippen LogP contribution in [0.1, 0.15) is 42.1 Å². The number of rotatable bonds is 9. The van der Waals surface area contributed by atoms with Gasteiger partial charge in [-0.3, -0.25) is 0 Å². The minimum Gasteiger partial charge on any atom is -0.465 e. The smallest absolute Gasteiger partial charge is 0.338 e. The highest BCUT2D eigenvalue weighted by Gasteiger charge is 2.25. The van der Waals surface area contributed by atoms with Gasteiger partial charge in [-0.05, 0) is 31.0 Å². The molecule has 28 heavy (non-hydrogen) atoms. The number of esters is 1. The van der Waals surface area contributed by atoms with Gasteiger partial charge in [0.25, 0.3) is 0 Å². The molecule has 7 heteroatoms. The van der Waals surface area contributed by atoms with Gasteiger partial charge < -0.3 is 9.47 Å². The Kier molecular flexibility index (Phi) is 7.60. The fraction of sp³-hybridized carbons (Fsp3) is 0.381. The van der Waals surface area contributed by atoms with E-state index in [0.29, 0.717) is 23.5 Å². The molecule has 0 amide bonds. The topological polar surface area (TPSA) is 72.9 Å². The lowest BCUT2D eigenvalue weighted by molar-refractivity contribution is 0.0598. The van der Waals surface area contributed by atoms with Gasteiger partial charge in [0.2, 0.25) is 10.0 Å². The lowest BCUT2D eigenvalue weighted by atomic mass is 10.00. The lowest BCUT2D eigenvalue weighted by Crippen LogP contribution is -2.23. The number of carbonyl (C=O) groups is 1. The first kappa shape index (κ1) is 21.9. The van der Waals surface area contributed by atoms with Crippen molar-refractivity contribution in [3.05, 3.63) is 53.6 Å². The summed E-state index contributed by atoms with van der Waals surface area (Å²) in [7, 11) is 0.417. The average Bonchev–Trinajstić information content (AvgIpc) is 2.68. The maximum atomic E-state index is 12.7. The molecule has 0 radical (unpaired) electrons. The van der Waals surface area contributed by atoms with Gasteiger partial charge in [0.1, 0.15) is 11.5 Å². The molecule has 0 fully saturated rings. The number of carbonyl (C=O) groups excluding carboxylic acids is 1. The third-order valence-corrected chi connectivity index (χ3v) is 6.16. The number of hydrogen-bond donors (Lipinski definition) is 0. The van der Waals surface area contributed by atoms with E-state index in [2.05, 4.69) is 6.92 Å². The van der Waals surface area contributed by atoms with Crippen molar-refractivity contribution in [3.63, 3.8) is 0 Å². The predicted molar refractivity (Wildman–Crippen MR) is 108 cm³/mol. The summed E-state index contributed by atoms with van der Waals surface area (Å²) in [5.41, 5.74) is 0.870. The first-order chi connectivity index (χ1) is 13.3. The van der Waals surface area contributed by atoms with Gasteiger partial charge in [0, 0.05) is 25.7 Å². The highest BCUT2D eigenvalue weighted by Crippen LogP contribution is 2.33. The Hall–Kier alpha value is -2.38. The molecule has 0 atom stereocenters. The van der Waals surface area contributed by atoms with Crippen molar-refractivity contribution < 1.29 is 22.7 Å². The summed E-state index contributed by atoms with van der Waals surface area (Å²) in [5.74, 6) is 0.334. The highest BCUT2D eigenvalue weighted by molar-refractivity contribution is 7.89. The minimum atomic E-state index is -3.75. The van der Waals surface area contributed by atoms with Gasteiger partial charge in [0.05, 0.1) is 17.6 Å². The Bertz CT molecular complexity index is 908. The summed E-state index contributed by atoms with van der Waals surface area (Å²) in [4.78, 5) is 12.4. The van der Waals surface area contributed by atoms with Crippen LogP contribution in [0.15, 0.2) is 47.4 Å². The quantitative estimate of drug-likeness (QED) is 0.461. The Morgan fingerprint density at radius 2 is 1.75 bits per heavy atom. The molecule has 0 heterocycles. The van der Waals surface area contributed by atoms with Crippen molar-refractivity contribution in [1.82, 2.24) is 4.31 Å². The van der Waals surface area contributed by atoms with Gasteiger partial charge in [-0.2, -0.15) is 0 Å². The van der Waals surface area contributed by atoms with Gasteiger partial charge in [-0.25, -0.2) is 17.5 Å². The number of sulfonamides is 1. The van der Waals surface area contributed by atoms with Crippen LogP contribution in [0.3, 0.4) is 0 Å². The van der Waals surface area contributed by atoms with Gasteiger partial charge in [0.15, 0.2) is 0 Å². The Morgan fingerprint density at radius 1 is 1.07 bits per heavy atom. The van der Waals surface area contributed by atoms with Crippen LogP contribution < -0.4 is 4.74 Å². The van der Waals surface area contributed by atoms with E-state index in [-0.39, 0.29) is 10.5 Å². The van der Waals surface area contributed by atoms with E-state index in [9.17, 15) is 13.2 Å². The van der Waals surface area contributed by atoms with E-state index < -0.39 is 16.0 Å². The molecule has 0 aliphatic rings. The fourth-order valence-corrected chi connectivity index (χ4v) is 3.73. The van der Waals surface area contributed by atoms with Crippen LogP contribution in [-0.4, -0.2) is 39.9 Å². The molecular formula is C21H27NO5S. The third kappa shape index (κ3) is 5.11. The van der Waals surface area contributed by atoms with Crippen molar-refractivity contribution >= 4 is 16.0 Å². The lowest BCUT2D eigenvalue weighted by Gasteiger charge is -2.18.